The number of carbonyl (C=O) groups excluding carboxylic acids is 1. The number of methoxy groups -OCH3 is 1. The van der Waals surface area contributed by atoms with Crippen LogP contribution in [0.2, 0.25) is 0 Å². The maximum atomic E-state index is 11.8. The molecule has 26 heavy (non-hydrogen) atoms. The fourth-order valence-corrected chi connectivity index (χ4v) is 2.07. The van der Waals surface area contributed by atoms with Crippen molar-refractivity contribution in [2.24, 2.45) is 5.10 Å². The fourth-order valence-electron chi connectivity index (χ4n) is 2.07. The first kappa shape index (κ1) is 17.2. The van der Waals surface area contributed by atoms with E-state index in [-0.39, 0.29) is 5.91 Å². The van der Waals surface area contributed by atoms with E-state index in [9.17, 15) is 4.79 Å². The number of nitrogens with one attached hydrogen (secondary N) is 1. The summed E-state index contributed by atoms with van der Waals surface area (Å²) in [7, 11) is 1.62. The maximum absolute atomic E-state index is 11.8. The predicted molar refractivity (Wildman–Crippen MR) is 95.3 cm³/mol. The number of ether oxygens (including phenoxy) is 2. The zero-order valence-electron chi connectivity index (χ0n) is 14.1. The minimum atomic E-state index is -0.350. The van der Waals surface area contributed by atoms with Crippen molar-refractivity contribution in [1.82, 2.24) is 10.4 Å². The van der Waals surface area contributed by atoms with Crippen LogP contribution < -0.4 is 14.9 Å². The molecule has 0 spiro atoms. The van der Waals surface area contributed by atoms with E-state index < -0.39 is 0 Å². The highest BCUT2D eigenvalue weighted by Crippen LogP contribution is 2.17. The number of hydrazone groups is 1. The molecule has 1 N–H and O–H groups in total. The van der Waals surface area contributed by atoms with Crippen LogP contribution in [0.25, 0.3) is 0 Å². The van der Waals surface area contributed by atoms with E-state index >= 15 is 0 Å². The molecule has 7 nitrogen and oxygen atoms in total. The van der Waals surface area contributed by atoms with Crippen molar-refractivity contribution >= 4 is 12.1 Å². The first-order valence-electron chi connectivity index (χ1n) is 7.83. The Balaban J connectivity index is 1.50. The van der Waals surface area contributed by atoms with Gasteiger partial charge in [0.15, 0.2) is 5.76 Å². The molecule has 0 unspecified atom stereocenters. The number of nitrogens with zero attached hydrogens (tertiary/aromatic N) is 2. The third-order valence-corrected chi connectivity index (χ3v) is 3.42. The van der Waals surface area contributed by atoms with Gasteiger partial charge in [-0.15, -0.1) is 0 Å². The number of amides is 1. The van der Waals surface area contributed by atoms with Crippen molar-refractivity contribution in [2.75, 3.05) is 7.11 Å². The summed E-state index contributed by atoms with van der Waals surface area (Å²) >= 11 is 0. The number of benzene rings is 1. The zero-order valence-corrected chi connectivity index (χ0v) is 14.1. The van der Waals surface area contributed by atoms with Gasteiger partial charge < -0.3 is 13.9 Å². The van der Waals surface area contributed by atoms with E-state index in [1.807, 2.05) is 24.3 Å². The van der Waals surface area contributed by atoms with Gasteiger partial charge in [0.25, 0.3) is 11.9 Å². The molecule has 0 fully saturated rings. The first-order valence-corrected chi connectivity index (χ1v) is 7.83. The van der Waals surface area contributed by atoms with Crippen LogP contribution in [0.5, 0.6) is 11.7 Å². The quantitative estimate of drug-likeness (QED) is 0.522. The summed E-state index contributed by atoms with van der Waals surface area (Å²) in [5.41, 5.74) is 3.81. The van der Waals surface area contributed by atoms with Crippen molar-refractivity contribution in [3.63, 3.8) is 0 Å². The normalized spacial score (nSPS) is 10.7. The van der Waals surface area contributed by atoms with Gasteiger partial charge in [0.2, 0.25) is 0 Å². The Labute approximate surface area is 150 Å². The topological polar surface area (TPSA) is 86.0 Å². The van der Waals surface area contributed by atoms with E-state index in [0.717, 1.165) is 11.3 Å². The number of pyridine rings is 1. The highest BCUT2D eigenvalue weighted by atomic mass is 16.6. The zero-order chi connectivity index (χ0) is 18.2. The average Bonchev–Trinajstić information content (AvgIpc) is 3.15. The van der Waals surface area contributed by atoms with Crippen LogP contribution in [-0.4, -0.2) is 24.2 Å². The predicted octanol–water partition coefficient (Wildman–Crippen LogP) is 3.03. The molecule has 0 aliphatic carbocycles. The van der Waals surface area contributed by atoms with Gasteiger partial charge in [-0.2, -0.15) is 5.10 Å². The molecule has 0 saturated heterocycles. The Kier molecular flexibility index (Phi) is 5.61. The molecule has 7 heteroatoms. The van der Waals surface area contributed by atoms with Crippen molar-refractivity contribution in [2.45, 2.75) is 6.61 Å². The molecule has 0 saturated carbocycles. The molecular weight excluding hydrogens is 334 g/mol. The van der Waals surface area contributed by atoms with E-state index in [4.69, 9.17) is 13.9 Å². The lowest BCUT2D eigenvalue weighted by Crippen LogP contribution is -2.17. The molecule has 1 aromatic carbocycles. The lowest BCUT2D eigenvalue weighted by molar-refractivity contribution is 0.0954. The lowest BCUT2D eigenvalue weighted by Gasteiger charge is -2.04. The molecule has 1 amide bonds. The lowest BCUT2D eigenvalue weighted by atomic mass is 10.2. The summed E-state index contributed by atoms with van der Waals surface area (Å²) in [6, 6.07) is 14.3. The van der Waals surface area contributed by atoms with Crippen molar-refractivity contribution in [1.29, 1.82) is 0 Å². The molecule has 2 heterocycles. The Morgan fingerprint density at radius 3 is 2.81 bits per heavy atom. The van der Waals surface area contributed by atoms with Crippen LogP contribution in [0.3, 0.4) is 0 Å². The van der Waals surface area contributed by atoms with Gasteiger partial charge >= 0.3 is 0 Å². The van der Waals surface area contributed by atoms with E-state index in [1.54, 1.807) is 37.6 Å². The number of hydrogen-bond acceptors (Lipinski definition) is 6. The SMILES string of the molecule is COc1ccc(COc2ccc(/C=N\NC(=O)c3cccnc3)o2)cc1. The monoisotopic (exact) mass is 351 g/mol. The highest BCUT2D eigenvalue weighted by Gasteiger charge is 2.04. The highest BCUT2D eigenvalue weighted by molar-refractivity contribution is 5.94. The van der Waals surface area contributed by atoms with Crippen molar-refractivity contribution < 1.29 is 18.7 Å². The smallest absolute Gasteiger partial charge is 0.285 e. The third-order valence-electron chi connectivity index (χ3n) is 3.42. The summed E-state index contributed by atoms with van der Waals surface area (Å²) in [5, 5.41) is 3.85. The Hall–Kier alpha value is -3.61. The molecule has 132 valence electrons. The van der Waals surface area contributed by atoms with E-state index in [0.29, 0.717) is 23.9 Å². The molecular formula is C19H17N3O4. The summed E-state index contributed by atoms with van der Waals surface area (Å²) in [6.07, 6.45) is 4.45. The van der Waals surface area contributed by atoms with E-state index in [1.165, 1.54) is 12.4 Å². The van der Waals surface area contributed by atoms with Gasteiger partial charge in [-0.3, -0.25) is 9.78 Å². The van der Waals surface area contributed by atoms with Gasteiger partial charge in [-0.05, 0) is 35.9 Å². The molecule has 0 aliphatic heterocycles. The second-order valence-corrected chi connectivity index (χ2v) is 5.23. The molecule has 2 aromatic heterocycles. The standard InChI is InChI=1S/C19H17N3O4/c1-24-16-6-4-14(5-7-16)13-25-18-9-8-17(26-18)12-21-22-19(23)15-3-2-10-20-11-15/h2-12H,13H2,1H3,(H,22,23)/b21-12-. The second kappa shape index (κ2) is 8.48. The largest absolute Gasteiger partial charge is 0.497 e. The summed E-state index contributed by atoms with van der Waals surface area (Å²) in [4.78, 5) is 15.7. The summed E-state index contributed by atoms with van der Waals surface area (Å²) in [5.74, 6) is 1.26. The molecule has 0 radical (unpaired) electrons. The van der Waals surface area contributed by atoms with Crippen LogP contribution in [0, 0.1) is 0 Å². The Morgan fingerprint density at radius 2 is 2.08 bits per heavy atom. The number of carbonyl (C=O) groups is 1. The summed E-state index contributed by atoms with van der Waals surface area (Å²) < 4.78 is 16.2. The number of rotatable bonds is 7. The molecule has 3 aromatic rings. The minimum absolute atomic E-state index is 0.350. The number of hydrogen-bond donors (Lipinski definition) is 1. The molecule has 3 rings (SSSR count). The maximum Gasteiger partial charge on any atom is 0.285 e. The molecule has 0 aliphatic rings. The first-order chi connectivity index (χ1) is 12.7. The third kappa shape index (κ3) is 4.70. The van der Waals surface area contributed by atoms with Crippen LogP contribution in [0.4, 0.5) is 0 Å². The van der Waals surface area contributed by atoms with Gasteiger partial charge in [-0.25, -0.2) is 5.43 Å². The van der Waals surface area contributed by atoms with Crippen LogP contribution in [0.1, 0.15) is 21.7 Å². The van der Waals surface area contributed by atoms with Crippen LogP contribution in [-0.2, 0) is 6.61 Å². The number of furan rings is 1. The van der Waals surface area contributed by atoms with Crippen LogP contribution in [0.15, 0.2) is 70.4 Å². The fraction of sp³-hybridized carbons (Fsp3) is 0.105. The minimum Gasteiger partial charge on any atom is -0.497 e. The average molecular weight is 351 g/mol. The molecule has 0 atom stereocenters. The Morgan fingerprint density at radius 1 is 1.23 bits per heavy atom. The van der Waals surface area contributed by atoms with Gasteiger partial charge in [-0.1, -0.05) is 12.1 Å². The molecule has 0 bridgehead atoms. The Bertz CT molecular complexity index is 873. The van der Waals surface area contributed by atoms with Crippen LogP contribution >= 0.6 is 0 Å². The van der Waals surface area contributed by atoms with E-state index in [2.05, 4.69) is 15.5 Å². The second-order valence-electron chi connectivity index (χ2n) is 5.23. The van der Waals surface area contributed by atoms with Crippen molar-refractivity contribution in [3.05, 3.63) is 77.8 Å². The number of aromatic nitrogens is 1. The van der Waals surface area contributed by atoms with Gasteiger partial charge in [0.1, 0.15) is 12.4 Å². The van der Waals surface area contributed by atoms with Gasteiger partial charge in [0, 0.05) is 18.5 Å². The van der Waals surface area contributed by atoms with Crippen molar-refractivity contribution in [3.8, 4) is 11.7 Å². The summed E-state index contributed by atoms with van der Waals surface area (Å²) in [6.45, 7) is 0.367. The van der Waals surface area contributed by atoms with Gasteiger partial charge in [0.05, 0.1) is 18.9 Å².